The van der Waals surface area contributed by atoms with Gasteiger partial charge < -0.3 is 14.7 Å². The van der Waals surface area contributed by atoms with Crippen molar-refractivity contribution in [3.05, 3.63) is 66.0 Å². The Kier molecular flexibility index (Phi) is 9.19. The number of aromatic nitrogens is 1. The molecule has 3 heterocycles. The molecule has 7 heteroatoms. The molecule has 0 bridgehead atoms. The Morgan fingerprint density at radius 3 is 2.50 bits per heavy atom. The molecule has 1 aromatic carbocycles. The van der Waals surface area contributed by atoms with Gasteiger partial charge in [0.15, 0.2) is 0 Å². The number of ether oxygens (including phenoxy) is 1. The molecule has 32 heavy (non-hydrogen) atoms. The van der Waals surface area contributed by atoms with E-state index in [1.165, 1.54) is 5.56 Å². The van der Waals surface area contributed by atoms with Crippen LogP contribution in [0.5, 0.6) is 0 Å². The maximum Gasteiger partial charge on any atom is 0.290 e. The molecular weight excluding hydrogens is 406 g/mol. The van der Waals surface area contributed by atoms with Gasteiger partial charge in [0.25, 0.3) is 6.47 Å². The van der Waals surface area contributed by atoms with Crippen LogP contribution in [0.3, 0.4) is 0 Å². The summed E-state index contributed by atoms with van der Waals surface area (Å²) in [6, 6.07) is 16.2. The summed E-state index contributed by atoms with van der Waals surface area (Å²) in [4.78, 5) is 30.7. The van der Waals surface area contributed by atoms with Crippen molar-refractivity contribution in [2.75, 3.05) is 26.2 Å². The van der Waals surface area contributed by atoms with Crippen molar-refractivity contribution in [1.29, 1.82) is 0 Å². The zero-order valence-electron chi connectivity index (χ0n) is 18.6. The first-order chi connectivity index (χ1) is 15.7. The van der Waals surface area contributed by atoms with Gasteiger partial charge in [0, 0.05) is 25.9 Å². The Morgan fingerprint density at radius 1 is 1.06 bits per heavy atom. The number of amides is 1. The van der Waals surface area contributed by atoms with Gasteiger partial charge in [0.1, 0.15) is 5.54 Å². The number of carbonyl (C=O) groups is 2. The van der Waals surface area contributed by atoms with E-state index in [4.69, 9.17) is 14.6 Å². The third-order valence-electron chi connectivity index (χ3n) is 6.23. The van der Waals surface area contributed by atoms with Crippen LogP contribution < -0.4 is 0 Å². The van der Waals surface area contributed by atoms with Crippen LogP contribution in [-0.4, -0.2) is 64.0 Å². The van der Waals surface area contributed by atoms with Crippen LogP contribution in [0, 0.1) is 0 Å². The molecule has 172 valence electrons. The first kappa shape index (κ1) is 23.9. The van der Waals surface area contributed by atoms with E-state index in [1.54, 1.807) is 6.20 Å². The molecule has 1 spiro atoms. The van der Waals surface area contributed by atoms with Crippen molar-refractivity contribution >= 4 is 12.4 Å². The van der Waals surface area contributed by atoms with Crippen LogP contribution in [0.15, 0.2) is 54.7 Å². The third-order valence-corrected chi connectivity index (χ3v) is 6.23. The van der Waals surface area contributed by atoms with E-state index in [1.807, 2.05) is 41.3 Å². The van der Waals surface area contributed by atoms with E-state index in [0.717, 1.165) is 64.0 Å². The van der Waals surface area contributed by atoms with Gasteiger partial charge in [0.05, 0.1) is 18.8 Å². The Hall–Kier alpha value is -2.77. The second-order valence-electron chi connectivity index (χ2n) is 8.27. The highest BCUT2D eigenvalue weighted by atomic mass is 16.5. The number of piperidine rings is 1. The summed E-state index contributed by atoms with van der Waals surface area (Å²) in [6.45, 7) is 4.54. The van der Waals surface area contributed by atoms with E-state index in [-0.39, 0.29) is 12.0 Å². The van der Waals surface area contributed by atoms with Crippen molar-refractivity contribution < 1.29 is 19.4 Å². The largest absolute Gasteiger partial charge is 0.483 e. The fourth-order valence-corrected chi connectivity index (χ4v) is 4.81. The molecule has 1 amide bonds. The zero-order chi connectivity index (χ0) is 22.7. The molecule has 2 fully saturated rings. The van der Waals surface area contributed by atoms with Gasteiger partial charge >= 0.3 is 0 Å². The minimum absolute atomic E-state index is 0.250. The summed E-state index contributed by atoms with van der Waals surface area (Å²) in [7, 11) is 0. The molecule has 2 aliphatic heterocycles. The predicted octanol–water partition coefficient (Wildman–Crippen LogP) is 3.35. The second kappa shape index (κ2) is 12.3. The smallest absolute Gasteiger partial charge is 0.290 e. The Balaban J connectivity index is 0.000000913. The number of likely N-dealkylation sites (tertiary alicyclic amines) is 2. The molecule has 1 N–H and O–H groups in total. The van der Waals surface area contributed by atoms with Gasteiger partial charge in [-0.1, -0.05) is 36.4 Å². The number of benzene rings is 1. The number of carbonyl (C=O) groups excluding carboxylic acids is 1. The van der Waals surface area contributed by atoms with Gasteiger partial charge in [0.2, 0.25) is 5.91 Å². The molecule has 1 aromatic heterocycles. The van der Waals surface area contributed by atoms with Crippen molar-refractivity contribution in [2.24, 2.45) is 0 Å². The minimum Gasteiger partial charge on any atom is -0.483 e. The summed E-state index contributed by atoms with van der Waals surface area (Å²) in [5.41, 5.74) is 1.88. The van der Waals surface area contributed by atoms with Gasteiger partial charge in [-0.25, -0.2) is 0 Å². The molecule has 0 saturated carbocycles. The van der Waals surface area contributed by atoms with Gasteiger partial charge in [-0.05, 0) is 56.3 Å². The van der Waals surface area contributed by atoms with Gasteiger partial charge in [-0.2, -0.15) is 0 Å². The third kappa shape index (κ3) is 6.14. The van der Waals surface area contributed by atoms with E-state index < -0.39 is 0 Å². The molecule has 0 aliphatic carbocycles. The van der Waals surface area contributed by atoms with E-state index in [9.17, 15) is 4.79 Å². The maximum atomic E-state index is 13.5. The normalized spacial score (nSPS) is 20.8. The number of hydrogen-bond acceptors (Lipinski definition) is 5. The Labute approximate surface area is 190 Å². The molecular formula is C25H33N3O4. The lowest BCUT2D eigenvalue weighted by Crippen LogP contribution is -2.59. The summed E-state index contributed by atoms with van der Waals surface area (Å²) >= 11 is 0. The fourth-order valence-electron chi connectivity index (χ4n) is 4.81. The molecule has 1 unspecified atom stereocenters. The standard InChI is InChI=1S/C24H31N3O2.CH2O2/c28-23-24(12-6-15-26(23)19-22-11-4-5-14-25-22)13-7-16-27(24)17-8-18-29-20-21-9-2-1-3-10-21;2-1-3/h1-5,9-11,14H,6-8,12-13,15-20H2;1H,(H,2,3). The Bertz CT molecular complexity index is 834. The van der Waals surface area contributed by atoms with Crippen LogP contribution in [-0.2, 0) is 27.5 Å². The number of hydrogen-bond donors (Lipinski definition) is 1. The average Bonchev–Trinajstić information content (AvgIpc) is 3.22. The SMILES string of the molecule is O=C1N(Cc2ccccn2)CCCC12CCCN2CCCOCc1ccccc1.O=CO. The lowest BCUT2D eigenvalue weighted by molar-refractivity contribution is -0.148. The fraction of sp³-hybridized carbons (Fsp3) is 0.480. The van der Waals surface area contributed by atoms with E-state index in [0.29, 0.717) is 19.1 Å². The van der Waals surface area contributed by atoms with Gasteiger partial charge in [-0.3, -0.25) is 19.5 Å². The van der Waals surface area contributed by atoms with Crippen molar-refractivity contribution in [3.8, 4) is 0 Å². The van der Waals surface area contributed by atoms with Crippen LogP contribution >= 0.6 is 0 Å². The summed E-state index contributed by atoms with van der Waals surface area (Å²) in [5, 5.41) is 6.89. The van der Waals surface area contributed by atoms with Crippen LogP contribution in [0.25, 0.3) is 0 Å². The summed E-state index contributed by atoms with van der Waals surface area (Å²) in [5.74, 6) is 0.303. The molecule has 7 nitrogen and oxygen atoms in total. The van der Waals surface area contributed by atoms with Crippen molar-refractivity contribution in [2.45, 2.75) is 50.8 Å². The highest BCUT2D eigenvalue weighted by Gasteiger charge is 2.50. The van der Waals surface area contributed by atoms with Crippen LogP contribution in [0.4, 0.5) is 0 Å². The monoisotopic (exact) mass is 439 g/mol. The van der Waals surface area contributed by atoms with Crippen molar-refractivity contribution in [1.82, 2.24) is 14.8 Å². The Morgan fingerprint density at radius 2 is 1.78 bits per heavy atom. The second-order valence-corrected chi connectivity index (χ2v) is 8.27. The quantitative estimate of drug-likeness (QED) is 0.502. The maximum absolute atomic E-state index is 13.5. The minimum atomic E-state index is -0.299. The molecule has 2 saturated heterocycles. The highest BCUT2D eigenvalue weighted by Crippen LogP contribution is 2.38. The molecule has 0 radical (unpaired) electrons. The average molecular weight is 440 g/mol. The molecule has 2 aliphatic rings. The van der Waals surface area contributed by atoms with Crippen LogP contribution in [0.2, 0.25) is 0 Å². The number of rotatable bonds is 8. The van der Waals surface area contributed by atoms with Gasteiger partial charge in [-0.15, -0.1) is 0 Å². The van der Waals surface area contributed by atoms with E-state index in [2.05, 4.69) is 22.0 Å². The topological polar surface area (TPSA) is 83.0 Å². The zero-order valence-corrected chi connectivity index (χ0v) is 18.6. The first-order valence-electron chi connectivity index (χ1n) is 11.3. The summed E-state index contributed by atoms with van der Waals surface area (Å²) < 4.78 is 5.85. The summed E-state index contributed by atoms with van der Waals surface area (Å²) in [6.07, 6.45) is 6.90. The molecule has 1 atom stereocenters. The molecule has 4 rings (SSSR count). The van der Waals surface area contributed by atoms with E-state index >= 15 is 0 Å². The van der Waals surface area contributed by atoms with Crippen molar-refractivity contribution in [3.63, 3.8) is 0 Å². The number of nitrogens with zero attached hydrogens (tertiary/aromatic N) is 3. The lowest BCUT2D eigenvalue weighted by atomic mass is 9.85. The highest BCUT2D eigenvalue weighted by molar-refractivity contribution is 5.87. The predicted molar refractivity (Wildman–Crippen MR) is 122 cm³/mol. The first-order valence-corrected chi connectivity index (χ1v) is 11.3. The molecule has 2 aromatic rings. The number of carboxylic acid groups (broad SMARTS) is 1. The van der Waals surface area contributed by atoms with Crippen LogP contribution in [0.1, 0.15) is 43.4 Å². The number of pyridine rings is 1. The lowest BCUT2D eigenvalue weighted by Gasteiger charge is -2.44.